The Kier molecular flexibility index (Phi) is 6.33. The molecule has 1 atom stereocenters. The maximum Gasteiger partial charge on any atom is 0.0541 e. The Labute approximate surface area is 276 Å². The van der Waals surface area contributed by atoms with E-state index in [9.17, 15) is 0 Å². The van der Waals surface area contributed by atoms with Crippen LogP contribution in [0.4, 0.5) is 17.1 Å². The average molecular weight is 605 g/mol. The fourth-order valence-electron chi connectivity index (χ4n) is 7.92. The van der Waals surface area contributed by atoms with Gasteiger partial charge in [0, 0.05) is 44.9 Å². The molecular formula is C45H36N2. The summed E-state index contributed by atoms with van der Waals surface area (Å²) in [5.74, 6) is 0.436. The molecule has 0 fully saturated rings. The van der Waals surface area contributed by atoms with Gasteiger partial charge in [-0.05, 0) is 94.9 Å². The number of aromatic nitrogens is 1. The van der Waals surface area contributed by atoms with Gasteiger partial charge in [-0.2, -0.15) is 0 Å². The molecule has 0 aliphatic heterocycles. The van der Waals surface area contributed by atoms with Gasteiger partial charge < -0.3 is 9.47 Å². The summed E-state index contributed by atoms with van der Waals surface area (Å²) in [5, 5.41) is 2.58. The molecule has 2 aliphatic carbocycles. The number of allylic oxidation sites excluding steroid dienone is 4. The predicted molar refractivity (Wildman–Crippen MR) is 199 cm³/mol. The molecule has 6 aromatic carbocycles. The van der Waals surface area contributed by atoms with Crippen molar-refractivity contribution in [1.82, 2.24) is 4.57 Å². The Bertz CT molecular complexity index is 2300. The van der Waals surface area contributed by atoms with E-state index in [1.807, 2.05) is 0 Å². The second-order valence-corrected chi connectivity index (χ2v) is 13.4. The van der Waals surface area contributed by atoms with E-state index in [0.29, 0.717) is 5.92 Å². The van der Waals surface area contributed by atoms with Crippen molar-refractivity contribution in [2.75, 3.05) is 4.90 Å². The first-order valence-corrected chi connectivity index (χ1v) is 16.6. The zero-order valence-electron chi connectivity index (χ0n) is 26.8. The third-order valence-electron chi connectivity index (χ3n) is 10.3. The first kappa shape index (κ1) is 27.7. The van der Waals surface area contributed by atoms with Crippen LogP contribution >= 0.6 is 0 Å². The van der Waals surface area contributed by atoms with E-state index in [-0.39, 0.29) is 5.41 Å². The Morgan fingerprint density at radius 2 is 1.17 bits per heavy atom. The number of nitrogens with zero attached hydrogens (tertiary/aromatic N) is 2. The fraction of sp³-hybridized carbons (Fsp3) is 0.111. The summed E-state index contributed by atoms with van der Waals surface area (Å²) < 4.78 is 2.43. The Morgan fingerprint density at radius 1 is 0.574 bits per heavy atom. The van der Waals surface area contributed by atoms with Gasteiger partial charge in [0.25, 0.3) is 0 Å². The normalized spacial score (nSPS) is 16.0. The van der Waals surface area contributed by atoms with Crippen LogP contribution in [0, 0.1) is 0 Å². The first-order valence-electron chi connectivity index (χ1n) is 16.6. The highest BCUT2D eigenvalue weighted by Crippen LogP contribution is 2.51. The molecule has 226 valence electrons. The van der Waals surface area contributed by atoms with Gasteiger partial charge in [-0.1, -0.05) is 117 Å². The molecule has 0 N–H and O–H groups in total. The van der Waals surface area contributed by atoms with Crippen molar-refractivity contribution in [3.63, 3.8) is 0 Å². The van der Waals surface area contributed by atoms with Gasteiger partial charge in [-0.3, -0.25) is 0 Å². The summed E-state index contributed by atoms with van der Waals surface area (Å²) in [4.78, 5) is 2.39. The highest BCUT2D eigenvalue weighted by Gasteiger charge is 2.36. The maximum absolute atomic E-state index is 2.43. The highest BCUT2D eigenvalue weighted by molar-refractivity contribution is 6.09. The van der Waals surface area contributed by atoms with Crippen LogP contribution < -0.4 is 4.90 Å². The largest absolute Gasteiger partial charge is 0.310 e. The molecule has 0 saturated carbocycles. The molecule has 0 amide bonds. The van der Waals surface area contributed by atoms with Crippen molar-refractivity contribution in [2.45, 2.75) is 31.6 Å². The van der Waals surface area contributed by atoms with E-state index in [0.717, 1.165) is 17.8 Å². The van der Waals surface area contributed by atoms with Crippen LogP contribution in [0.15, 0.2) is 164 Å². The molecule has 7 aromatic rings. The number of hydrogen-bond acceptors (Lipinski definition) is 1. The monoisotopic (exact) mass is 604 g/mol. The van der Waals surface area contributed by atoms with Crippen molar-refractivity contribution >= 4 is 38.9 Å². The van der Waals surface area contributed by atoms with E-state index in [2.05, 4.69) is 187 Å². The van der Waals surface area contributed by atoms with Gasteiger partial charge in [0.1, 0.15) is 0 Å². The van der Waals surface area contributed by atoms with Gasteiger partial charge >= 0.3 is 0 Å². The second-order valence-electron chi connectivity index (χ2n) is 13.4. The lowest BCUT2D eigenvalue weighted by Gasteiger charge is -2.28. The molecular weight excluding hydrogens is 569 g/mol. The first-order chi connectivity index (χ1) is 23.1. The average Bonchev–Trinajstić information content (AvgIpc) is 3.58. The van der Waals surface area contributed by atoms with Crippen LogP contribution in [-0.2, 0) is 5.41 Å². The minimum Gasteiger partial charge on any atom is -0.310 e. The molecule has 2 aliphatic rings. The molecule has 0 bridgehead atoms. The van der Waals surface area contributed by atoms with E-state index in [1.165, 1.54) is 61.0 Å². The molecule has 47 heavy (non-hydrogen) atoms. The molecule has 1 aromatic heterocycles. The van der Waals surface area contributed by atoms with Crippen molar-refractivity contribution in [1.29, 1.82) is 0 Å². The number of fused-ring (bicyclic) bond motifs is 6. The Morgan fingerprint density at radius 3 is 1.85 bits per heavy atom. The van der Waals surface area contributed by atoms with E-state index >= 15 is 0 Å². The lowest BCUT2D eigenvalue weighted by Crippen LogP contribution is -2.17. The topological polar surface area (TPSA) is 8.17 Å². The van der Waals surface area contributed by atoms with Crippen molar-refractivity contribution in [3.05, 3.63) is 181 Å². The summed E-state index contributed by atoms with van der Waals surface area (Å²) >= 11 is 0. The van der Waals surface area contributed by atoms with Gasteiger partial charge in [0.15, 0.2) is 0 Å². The number of benzene rings is 6. The lowest BCUT2D eigenvalue weighted by molar-refractivity contribution is 0.660. The van der Waals surface area contributed by atoms with E-state index in [4.69, 9.17) is 0 Å². The third-order valence-corrected chi connectivity index (χ3v) is 10.3. The van der Waals surface area contributed by atoms with Crippen LogP contribution in [0.3, 0.4) is 0 Å². The van der Waals surface area contributed by atoms with Crippen LogP contribution in [-0.4, -0.2) is 4.57 Å². The van der Waals surface area contributed by atoms with Crippen molar-refractivity contribution in [3.8, 4) is 16.8 Å². The molecule has 0 radical (unpaired) electrons. The highest BCUT2D eigenvalue weighted by atomic mass is 15.1. The molecule has 2 nitrogen and oxygen atoms in total. The molecule has 1 heterocycles. The molecule has 2 heteroatoms. The summed E-state index contributed by atoms with van der Waals surface area (Å²) in [6, 6.07) is 51.5. The van der Waals surface area contributed by atoms with E-state index in [1.54, 1.807) is 0 Å². The van der Waals surface area contributed by atoms with E-state index < -0.39 is 0 Å². The number of anilines is 3. The summed E-state index contributed by atoms with van der Waals surface area (Å²) in [7, 11) is 0. The molecule has 0 spiro atoms. The maximum atomic E-state index is 2.43. The predicted octanol–water partition coefficient (Wildman–Crippen LogP) is 12.2. The lowest BCUT2D eigenvalue weighted by atomic mass is 9.82. The molecule has 9 rings (SSSR count). The van der Waals surface area contributed by atoms with Gasteiger partial charge in [-0.25, -0.2) is 0 Å². The van der Waals surface area contributed by atoms with Crippen LogP contribution in [0.25, 0.3) is 38.6 Å². The summed E-state index contributed by atoms with van der Waals surface area (Å²) in [6.07, 6.45) is 9.91. The summed E-state index contributed by atoms with van der Waals surface area (Å²) in [6.45, 7) is 4.76. The SMILES string of the molecule is CC1(C)c2cc(N(c3ccccc3)c3ccc(C4C=CC=CC4)cc3)ccc2-c2ccc(-n3c4ccccc4c4ccccc43)cc21. The minimum absolute atomic E-state index is 0.164. The standard InChI is InChI=1S/C45H36N2/c1-45(2)41-29-35(46(33-15-7-4-8-16-33)34-23-21-32(22-24-34)31-13-5-3-6-14-31)25-27-37(41)38-28-26-36(30-42(38)45)47-43-19-11-9-17-39(43)40-18-10-12-20-44(40)47/h3-13,15-31H,14H2,1-2H3. The minimum atomic E-state index is -0.164. The molecule has 0 saturated heterocycles. The zero-order chi connectivity index (χ0) is 31.5. The number of rotatable bonds is 5. The van der Waals surface area contributed by atoms with Gasteiger partial charge in [-0.15, -0.1) is 0 Å². The Hall–Kier alpha value is -5.60. The quantitative estimate of drug-likeness (QED) is 0.190. The van der Waals surface area contributed by atoms with Crippen molar-refractivity contribution in [2.24, 2.45) is 0 Å². The smallest absolute Gasteiger partial charge is 0.0541 e. The van der Waals surface area contributed by atoms with Gasteiger partial charge in [0.2, 0.25) is 0 Å². The van der Waals surface area contributed by atoms with Crippen LogP contribution in [0.2, 0.25) is 0 Å². The number of para-hydroxylation sites is 3. The van der Waals surface area contributed by atoms with Crippen LogP contribution in [0.1, 0.15) is 42.9 Å². The Balaban J connectivity index is 1.14. The number of hydrogen-bond donors (Lipinski definition) is 0. The summed E-state index contributed by atoms with van der Waals surface area (Å²) in [5.41, 5.74) is 13.7. The van der Waals surface area contributed by atoms with Crippen LogP contribution in [0.5, 0.6) is 0 Å². The zero-order valence-corrected chi connectivity index (χ0v) is 26.8. The van der Waals surface area contributed by atoms with Crippen molar-refractivity contribution < 1.29 is 0 Å². The second kappa shape index (κ2) is 10.7. The fourth-order valence-corrected chi connectivity index (χ4v) is 7.92. The third kappa shape index (κ3) is 4.40. The van der Waals surface area contributed by atoms with Gasteiger partial charge in [0.05, 0.1) is 11.0 Å². The molecule has 1 unspecified atom stereocenters.